The summed E-state index contributed by atoms with van der Waals surface area (Å²) in [5, 5.41) is 10.1. The molecule has 2 aromatic carbocycles. The molecule has 1 heterocycles. The monoisotopic (exact) mass is 361 g/mol. The standard InChI is InChI=1S/C24H27NO2/c26-18-8-9-19-20(15-18)24-11-4-7-22(21(24)16-23(19)27)25(14-12-24)13-10-17-5-2-1-3-6-17/h1-3,5-6,8-9,15,21-22,26H,4,7,10-14,16H2/t21-,22+,24+/m1/s1. The quantitative estimate of drug-likeness (QED) is 0.884. The molecule has 0 amide bonds. The number of phenolic OH excluding ortho intramolecular Hbond substituents is 1. The number of nitrogens with zero attached hydrogens (tertiary/aromatic N) is 1. The Kier molecular flexibility index (Phi) is 4.08. The van der Waals surface area contributed by atoms with Gasteiger partial charge in [-0.3, -0.25) is 9.69 Å². The number of ketones is 1. The molecule has 2 aliphatic carbocycles. The lowest BCUT2D eigenvalue weighted by Crippen LogP contribution is -2.61. The zero-order valence-electron chi connectivity index (χ0n) is 15.7. The van der Waals surface area contributed by atoms with Crippen LogP contribution in [0.25, 0.3) is 0 Å². The van der Waals surface area contributed by atoms with Gasteiger partial charge in [-0.25, -0.2) is 0 Å². The van der Waals surface area contributed by atoms with Gasteiger partial charge in [-0.15, -0.1) is 0 Å². The number of likely N-dealkylation sites (tertiary alicyclic amines) is 1. The molecule has 27 heavy (non-hydrogen) atoms. The van der Waals surface area contributed by atoms with Gasteiger partial charge in [-0.1, -0.05) is 36.8 Å². The second kappa shape index (κ2) is 6.49. The van der Waals surface area contributed by atoms with E-state index < -0.39 is 0 Å². The fraction of sp³-hybridized carbons (Fsp3) is 0.458. The summed E-state index contributed by atoms with van der Waals surface area (Å²) < 4.78 is 0. The van der Waals surface area contributed by atoms with E-state index in [1.807, 2.05) is 12.1 Å². The highest BCUT2D eigenvalue weighted by molar-refractivity contribution is 5.99. The van der Waals surface area contributed by atoms with Crippen LogP contribution in [0.5, 0.6) is 5.75 Å². The fourth-order valence-electron chi connectivity index (χ4n) is 6.13. The van der Waals surface area contributed by atoms with E-state index in [0.717, 1.165) is 43.5 Å². The molecule has 1 saturated heterocycles. The van der Waals surface area contributed by atoms with E-state index in [1.165, 1.54) is 18.4 Å². The van der Waals surface area contributed by atoms with Crippen molar-refractivity contribution in [2.45, 2.75) is 50.0 Å². The fourth-order valence-corrected chi connectivity index (χ4v) is 6.13. The SMILES string of the molecule is O=C1C[C@@H]2[C@@H]3CCC[C@]2(CCN3CCc2ccccc2)c2cc(O)ccc21. The zero-order valence-corrected chi connectivity index (χ0v) is 15.7. The predicted molar refractivity (Wildman–Crippen MR) is 106 cm³/mol. The minimum absolute atomic E-state index is 0.0914. The molecule has 1 saturated carbocycles. The van der Waals surface area contributed by atoms with Gasteiger partial charge < -0.3 is 5.11 Å². The maximum absolute atomic E-state index is 12.9. The molecule has 3 aliphatic rings. The Labute approximate surface area is 161 Å². The summed E-state index contributed by atoms with van der Waals surface area (Å²) in [6.07, 6.45) is 6.42. The number of Topliss-reactive ketones (excluding diaryl/α,β-unsaturated/α-hetero) is 1. The van der Waals surface area contributed by atoms with E-state index in [-0.39, 0.29) is 11.2 Å². The summed E-state index contributed by atoms with van der Waals surface area (Å²) in [6, 6.07) is 16.6. The van der Waals surface area contributed by atoms with Gasteiger partial charge in [0.05, 0.1) is 0 Å². The molecule has 3 atom stereocenters. The number of fused-ring (bicyclic) bond motifs is 1. The summed E-state index contributed by atoms with van der Waals surface area (Å²) in [6.45, 7) is 2.17. The van der Waals surface area contributed by atoms with Gasteiger partial charge in [-0.2, -0.15) is 0 Å². The largest absolute Gasteiger partial charge is 0.508 e. The van der Waals surface area contributed by atoms with E-state index in [0.29, 0.717) is 24.1 Å². The van der Waals surface area contributed by atoms with Gasteiger partial charge in [-0.05, 0) is 67.5 Å². The van der Waals surface area contributed by atoms with E-state index in [1.54, 1.807) is 6.07 Å². The van der Waals surface area contributed by atoms with Crippen molar-refractivity contribution in [3.8, 4) is 5.75 Å². The number of carbonyl (C=O) groups is 1. The van der Waals surface area contributed by atoms with Crippen molar-refractivity contribution >= 4 is 5.78 Å². The molecule has 1 N–H and O–H groups in total. The number of phenols is 1. The molecule has 0 spiro atoms. The Morgan fingerprint density at radius 3 is 2.81 bits per heavy atom. The van der Waals surface area contributed by atoms with Crippen molar-refractivity contribution in [3.63, 3.8) is 0 Å². The first-order chi connectivity index (χ1) is 13.2. The van der Waals surface area contributed by atoms with Crippen LogP contribution in [0.3, 0.4) is 0 Å². The molecule has 140 valence electrons. The number of aromatic hydroxyl groups is 1. The first-order valence-corrected chi connectivity index (χ1v) is 10.3. The Morgan fingerprint density at radius 2 is 1.96 bits per heavy atom. The smallest absolute Gasteiger partial charge is 0.163 e. The molecule has 0 aromatic heterocycles. The second-order valence-corrected chi connectivity index (χ2v) is 8.60. The van der Waals surface area contributed by atoms with Crippen molar-refractivity contribution in [3.05, 3.63) is 65.2 Å². The van der Waals surface area contributed by atoms with Crippen LogP contribution in [0.2, 0.25) is 0 Å². The van der Waals surface area contributed by atoms with Crippen LogP contribution >= 0.6 is 0 Å². The first-order valence-electron chi connectivity index (χ1n) is 10.3. The first kappa shape index (κ1) is 17.0. The number of hydrogen-bond donors (Lipinski definition) is 1. The molecule has 2 fully saturated rings. The molecule has 0 unspecified atom stereocenters. The van der Waals surface area contributed by atoms with Crippen LogP contribution in [0.15, 0.2) is 48.5 Å². The Hall–Kier alpha value is -2.13. The molecule has 2 aromatic rings. The lowest BCUT2D eigenvalue weighted by Gasteiger charge is -2.58. The van der Waals surface area contributed by atoms with E-state index >= 15 is 0 Å². The third-order valence-electron chi connectivity index (χ3n) is 7.39. The molecular weight excluding hydrogens is 334 g/mol. The molecule has 0 radical (unpaired) electrons. The number of piperidine rings is 1. The maximum Gasteiger partial charge on any atom is 0.163 e. The van der Waals surface area contributed by atoms with Crippen LogP contribution < -0.4 is 0 Å². The minimum Gasteiger partial charge on any atom is -0.508 e. The van der Waals surface area contributed by atoms with E-state index in [4.69, 9.17) is 0 Å². The van der Waals surface area contributed by atoms with Crippen molar-refractivity contribution < 1.29 is 9.90 Å². The van der Waals surface area contributed by atoms with E-state index in [2.05, 4.69) is 35.2 Å². The summed E-state index contributed by atoms with van der Waals surface area (Å²) in [5.74, 6) is 0.963. The number of rotatable bonds is 3. The van der Waals surface area contributed by atoms with Crippen LogP contribution in [-0.2, 0) is 11.8 Å². The average molecular weight is 361 g/mol. The van der Waals surface area contributed by atoms with Gasteiger partial charge in [0.2, 0.25) is 0 Å². The molecule has 3 nitrogen and oxygen atoms in total. The topological polar surface area (TPSA) is 40.5 Å². The number of hydrogen-bond acceptors (Lipinski definition) is 3. The number of benzene rings is 2. The molecule has 2 bridgehead atoms. The lowest BCUT2D eigenvalue weighted by atomic mass is 9.52. The second-order valence-electron chi connectivity index (χ2n) is 8.60. The molecular formula is C24H27NO2. The van der Waals surface area contributed by atoms with Crippen LogP contribution in [0, 0.1) is 5.92 Å². The van der Waals surface area contributed by atoms with Gasteiger partial charge in [0, 0.05) is 30.0 Å². The highest BCUT2D eigenvalue weighted by atomic mass is 16.3. The van der Waals surface area contributed by atoms with Crippen molar-refractivity contribution in [2.75, 3.05) is 13.1 Å². The Morgan fingerprint density at radius 1 is 1.11 bits per heavy atom. The summed E-state index contributed by atoms with van der Waals surface area (Å²) >= 11 is 0. The third-order valence-corrected chi connectivity index (χ3v) is 7.39. The molecule has 1 aliphatic heterocycles. The highest BCUT2D eigenvalue weighted by Gasteiger charge is 2.55. The summed E-state index contributed by atoms with van der Waals surface area (Å²) in [4.78, 5) is 15.5. The van der Waals surface area contributed by atoms with Crippen LogP contribution in [-0.4, -0.2) is 34.9 Å². The zero-order chi connectivity index (χ0) is 18.4. The highest BCUT2D eigenvalue weighted by Crippen LogP contribution is 2.56. The normalized spacial score (nSPS) is 29.9. The Balaban J connectivity index is 1.44. The predicted octanol–water partition coefficient (Wildman–Crippen LogP) is 4.33. The molecule has 5 rings (SSSR count). The summed E-state index contributed by atoms with van der Waals surface area (Å²) in [5.41, 5.74) is 3.48. The maximum atomic E-state index is 12.9. The Bertz CT molecular complexity index is 862. The van der Waals surface area contributed by atoms with Crippen LogP contribution in [0.1, 0.15) is 53.6 Å². The van der Waals surface area contributed by atoms with Gasteiger partial charge in [0.1, 0.15) is 5.75 Å². The minimum atomic E-state index is 0.0914. The lowest BCUT2D eigenvalue weighted by molar-refractivity contribution is -0.0173. The summed E-state index contributed by atoms with van der Waals surface area (Å²) in [7, 11) is 0. The third kappa shape index (κ3) is 2.71. The van der Waals surface area contributed by atoms with Gasteiger partial charge in [0.15, 0.2) is 5.78 Å². The average Bonchev–Trinajstić information content (AvgIpc) is 2.68. The molecule has 3 heteroatoms. The number of carbonyl (C=O) groups excluding carboxylic acids is 1. The van der Waals surface area contributed by atoms with Crippen molar-refractivity contribution in [1.82, 2.24) is 4.90 Å². The van der Waals surface area contributed by atoms with Crippen molar-refractivity contribution in [1.29, 1.82) is 0 Å². The van der Waals surface area contributed by atoms with Gasteiger partial charge in [0.25, 0.3) is 0 Å². The van der Waals surface area contributed by atoms with Crippen molar-refractivity contribution in [2.24, 2.45) is 5.92 Å². The van der Waals surface area contributed by atoms with Crippen LogP contribution in [0.4, 0.5) is 0 Å². The van der Waals surface area contributed by atoms with Gasteiger partial charge >= 0.3 is 0 Å². The van der Waals surface area contributed by atoms with E-state index in [9.17, 15) is 9.90 Å².